The van der Waals surface area contributed by atoms with E-state index in [1.807, 2.05) is 0 Å². The summed E-state index contributed by atoms with van der Waals surface area (Å²) >= 11 is 0. The Labute approximate surface area is 108 Å². The Bertz CT molecular complexity index is 792. The second kappa shape index (κ2) is 4.08. The van der Waals surface area contributed by atoms with Crippen LogP contribution in [0.5, 0.6) is 5.75 Å². The summed E-state index contributed by atoms with van der Waals surface area (Å²) in [7, 11) is -1.74. The van der Waals surface area contributed by atoms with Gasteiger partial charge in [0.25, 0.3) is 0 Å². The predicted molar refractivity (Wildman–Crippen MR) is 72.9 cm³/mol. The molecule has 19 heavy (non-hydrogen) atoms. The van der Waals surface area contributed by atoms with Crippen molar-refractivity contribution in [3.05, 3.63) is 30.5 Å². The van der Waals surface area contributed by atoms with Crippen LogP contribution < -0.4 is 11.3 Å². The molecule has 0 saturated heterocycles. The first-order chi connectivity index (χ1) is 9.06. The number of nitrogens with zero attached hydrogens (tertiary/aromatic N) is 2. The summed E-state index contributed by atoms with van der Waals surface area (Å²) in [5.74, 6) is 0.0599. The number of anilines is 1. The van der Waals surface area contributed by atoms with Crippen molar-refractivity contribution >= 4 is 40.2 Å². The van der Waals surface area contributed by atoms with Gasteiger partial charge in [-0.15, -0.1) is 0 Å². The highest BCUT2D eigenvalue weighted by Gasteiger charge is 2.18. The van der Waals surface area contributed by atoms with Gasteiger partial charge in [0.2, 0.25) is 0 Å². The number of hydrogen-bond donors (Lipinski definition) is 4. The first-order valence-electron chi connectivity index (χ1n) is 5.60. The average Bonchev–Trinajstić information content (AvgIpc) is 2.37. The summed E-state index contributed by atoms with van der Waals surface area (Å²) in [6.07, 6.45) is 1.31. The molecule has 6 nitrogen and oxygen atoms in total. The van der Waals surface area contributed by atoms with Crippen LogP contribution in [0.15, 0.2) is 30.5 Å². The van der Waals surface area contributed by atoms with Gasteiger partial charge in [-0.3, -0.25) is 9.97 Å². The Morgan fingerprint density at radius 3 is 2.42 bits per heavy atom. The van der Waals surface area contributed by atoms with Crippen molar-refractivity contribution in [1.82, 2.24) is 9.97 Å². The highest BCUT2D eigenvalue weighted by Crippen LogP contribution is 2.24. The fraction of sp³-hybridized carbons (Fsp3) is 0. The van der Waals surface area contributed by atoms with Gasteiger partial charge >= 0.3 is 7.12 Å². The van der Waals surface area contributed by atoms with Crippen LogP contribution in [-0.4, -0.2) is 32.2 Å². The zero-order chi connectivity index (χ0) is 13.6. The number of nitrogens with two attached hydrogens (primary N) is 1. The third-order valence-corrected chi connectivity index (χ3v) is 2.93. The molecule has 0 aliphatic rings. The predicted octanol–water partition coefficient (Wildman–Crippen LogP) is -0.249. The van der Waals surface area contributed by atoms with Crippen molar-refractivity contribution in [3.63, 3.8) is 0 Å². The number of fused-ring (bicyclic) bond motifs is 3. The van der Waals surface area contributed by atoms with Gasteiger partial charge in [-0.1, -0.05) is 12.1 Å². The summed E-state index contributed by atoms with van der Waals surface area (Å²) in [5, 5.41) is 29.3. The summed E-state index contributed by atoms with van der Waals surface area (Å²) in [5.41, 5.74) is 6.99. The van der Waals surface area contributed by atoms with Crippen LogP contribution in [0.25, 0.3) is 21.8 Å². The minimum absolute atomic E-state index is 0.00475. The molecule has 7 heteroatoms. The van der Waals surface area contributed by atoms with Crippen LogP contribution in [0.3, 0.4) is 0 Å². The second-order valence-electron chi connectivity index (χ2n) is 4.24. The minimum atomic E-state index is -1.74. The zero-order valence-electron chi connectivity index (χ0n) is 9.78. The SMILES string of the molecule is Nc1cc2ccc3cc(O)cnc3c2nc1B(O)O. The van der Waals surface area contributed by atoms with Gasteiger partial charge < -0.3 is 20.9 Å². The first-order valence-corrected chi connectivity index (χ1v) is 5.60. The van der Waals surface area contributed by atoms with Crippen LogP contribution in [0.2, 0.25) is 0 Å². The van der Waals surface area contributed by atoms with Crippen molar-refractivity contribution in [2.45, 2.75) is 0 Å². The van der Waals surface area contributed by atoms with Gasteiger partial charge in [0.1, 0.15) is 5.75 Å². The van der Waals surface area contributed by atoms with E-state index < -0.39 is 7.12 Å². The van der Waals surface area contributed by atoms with Crippen molar-refractivity contribution < 1.29 is 15.2 Å². The first kappa shape index (κ1) is 11.7. The molecule has 0 bridgehead atoms. The highest BCUT2D eigenvalue weighted by molar-refractivity contribution is 6.59. The van der Waals surface area contributed by atoms with Crippen molar-refractivity contribution in [2.75, 3.05) is 5.73 Å². The van der Waals surface area contributed by atoms with Crippen molar-refractivity contribution in [3.8, 4) is 5.75 Å². The molecular weight excluding hydrogens is 245 g/mol. The lowest BCUT2D eigenvalue weighted by Gasteiger charge is -2.08. The fourth-order valence-corrected chi connectivity index (χ4v) is 2.06. The van der Waals surface area contributed by atoms with E-state index in [0.717, 1.165) is 5.39 Å². The third kappa shape index (κ3) is 1.85. The van der Waals surface area contributed by atoms with E-state index in [2.05, 4.69) is 9.97 Å². The molecule has 0 fully saturated rings. The molecule has 2 aromatic heterocycles. The lowest BCUT2D eigenvalue weighted by atomic mass is 9.84. The molecule has 0 atom stereocenters. The van der Waals surface area contributed by atoms with E-state index in [4.69, 9.17) is 5.73 Å². The molecule has 1 aromatic carbocycles. The number of rotatable bonds is 1. The quantitative estimate of drug-likeness (QED) is 0.352. The molecule has 0 aliphatic carbocycles. The molecule has 3 aromatic rings. The van der Waals surface area contributed by atoms with Gasteiger partial charge in [-0.05, 0) is 12.1 Å². The average molecular weight is 255 g/mol. The monoisotopic (exact) mass is 255 g/mol. The van der Waals surface area contributed by atoms with E-state index in [-0.39, 0.29) is 17.0 Å². The normalized spacial score (nSPS) is 11.1. The van der Waals surface area contributed by atoms with Gasteiger partial charge in [-0.2, -0.15) is 0 Å². The van der Waals surface area contributed by atoms with Gasteiger partial charge in [0.05, 0.1) is 28.5 Å². The fourth-order valence-electron chi connectivity index (χ4n) is 2.06. The van der Waals surface area contributed by atoms with Crippen LogP contribution in [0, 0.1) is 0 Å². The van der Waals surface area contributed by atoms with E-state index in [1.165, 1.54) is 6.20 Å². The Kier molecular flexibility index (Phi) is 2.51. The maximum absolute atomic E-state index is 9.41. The molecule has 0 aliphatic heterocycles. The molecule has 0 spiro atoms. The lowest BCUT2D eigenvalue weighted by Crippen LogP contribution is -2.35. The largest absolute Gasteiger partial charge is 0.510 e. The Morgan fingerprint density at radius 1 is 1.05 bits per heavy atom. The number of benzene rings is 1. The number of nitrogen functional groups attached to an aromatic ring is 1. The maximum atomic E-state index is 9.41. The van der Waals surface area contributed by atoms with Crippen LogP contribution in [0.1, 0.15) is 0 Å². The summed E-state index contributed by atoms with van der Waals surface area (Å²) in [6, 6.07) is 6.76. The van der Waals surface area contributed by atoms with E-state index in [0.29, 0.717) is 16.4 Å². The Hall–Kier alpha value is -2.38. The number of aromatic hydroxyl groups is 1. The maximum Gasteiger partial charge on any atom is 0.510 e. The third-order valence-electron chi connectivity index (χ3n) is 2.93. The van der Waals surface area contributed by atoms with E-state index >= 15 is 0 Å². The minimum Gasteiger partial charge on any atom is -0.506 e. The van der Waals surface area contributed by atoms with Gasteiger partial charge in [-0.25, -0.2) is 0 Å². The van der Waals surface area contributed by atoms with Crippen LogP contribution in [-0.2, 0) is 0 Å². The van der Waals surface area contributed by atoms with Crippen LogP contribution in [0.4, 0.5) is 5.69 Å². The van der Waals surface area contributed by atoms with Gasteiger partial charge in [0, 0.05) is 10.8 Å². The van der Waals surface area contributed by atoms with Crippen molar-refractivity contribution in [1.29, 1.82) is 0 Å². The van der Waals surface area contributed by atoms with Gasteiger partial charge in [0.15, 0.2) is 0 Å². The summed E-state index contributed by atoms with van der Waals surface area (Å²) < 4.78 is 0. The standard InChI is InChI=1S/C12H10BN3O3/c14-9-4-7-2-1-6-3-8(17)5-15-10(6)11(7)16-12(9)13(18)19/h1-5,17-19H,14H2. The molecule has 0 radical (unpaired) electrons. The molecule has 5 N–H and O–H groups in total. The lowest BCUT2D eigenvalue weighted by molar-refractivity contribution is 0.424. The molecule has 3 rings (SSSR count). The topological polar surface area (TPSA) is 112 Å². The smallest absolute Gasteiger partial charge is 0.506 e. The zero-order valence-corrected chi connectivity index (χ0v) is 9.78. The van der Waals surface area contributed by atoms with E-state index in [9.17, 15) is 15.2 Å². The molecule has 0 unspecified atom stereocenters. The number of aromatic nitrogens is 2. The molecule has 2 heterocycles. The Balaban J connectivity index is 2.43. The molecule has 0 saturated carbocycles. The summed E-state index contributed by atoms with van der Waals surface area (Å²) in [6.45, 7) is 0. The Morgan fingerprint density at radius 2 is 1.74 bits per heavy atom. The summed E-state index contributed by atoms with van der Waals surface area (Å²) in [4.78, 5) is 8.29. The number of hydrogen-bond acceptors (Lipinski definition) is 6. The second-order valence-corrected chi connectivity index (χ2v) is 4.24. The molecule has 0 amide bonds. The van der Waals surface area contributed by atoms with Crippen molar-refractivity contribution in [2.24, 2.45) is 0 Å². The number of pyridine rings is 2. The molecule has 94 valence electrons. The highest BCUT2D eigenvalue weighted by atomic mass is 16.4. The molecular formula is C12H10BN3O3. The van der Waals surface area contributed by atoms with Crippen LogP contribution >= 0.6 is 0 Å². The van der Waals surface area contributed by atoms with E-state index in [1.54, 1.807) is 24.3 Å².